The number of methoxy groups -OCH3 is 2. The summed E-state index contributed by atoms with van der Waals surface area (Å²) in [6.07, 6.45) is 0. The van der Waals surface area contributed by atoms with Gasteiger partial charge in [0.05, 0.1) is 25.1 Å². The number of rotatable bonds is 3. The molecule has 5 nitrogen and oxygen atoms in total. The Balaban J connectivity index is 0.000000730. The predicted molar refractivity (Wildman–Crippen MR) is 104 cm³/mol. The summed E-state index contributed by atoms with van der Waals surface area (Å²) < 4.78 is 10.7. The lowest BCUT2D eigenvalue weighted by Gasteiger charge is -2.12. The summed E-state index contributed by atoms with van der Waals surface area (Å²) in [6.45, 7) is 8.00. The minimum Gasteiger partial charge on any atom is -0.496 e. The Morgan fingerprint density at radius 3 is 1.96 bits per heavy atom. The van der Waals surface area contributed by atoms with E-state index in [2.05, 4.69) is 9.97 Å². The van der Waals surface area contributed by atoms with E-state index in [1.54, 1.807) is 38.5 Å². The number of para-hydroxylation sites is 1. The summed E-state index contributed by atoms with van der Waals surface area (Å²) in [4.78, 5) is 19.5. The minimum absolute atomic E-state index is 0.191. The third-order valence-electron chi connectivity index (χ3n) is 3.28. The molecule has 0 fully saturated rings. The van der Waals surface area contributed by atoms with Gasteiger partial charge in [-0.2, -0.15) is 0 Å². The van der Waals surface area contributed by atoms with Gasteiger partial charge in [0.2, 0.25) is 0 Å². The molecule has 0 aliphatic heterocycles. The van der Waals surface area contributed by atoms with E-state index >= 15 is 0 Å². The van der Waals surface area contributed by atoms with Gasteiger partial charge in [-0.3, -0.25) is 4.79 Å². The molecule has 0 aliphatic carbocycles. The summed E-state index contributed by atoms with van der Waals surface area (Å²) >= 11 is 0. The molecule has 1 N–H and O–H groups in total. The van der Waals surface area contributed by atoms with Crippen molar-refractivity contribution in [3.05, 3.63) is 52.8 Å². The van der Waals surface area contributed by atoms with E-state index in [9.17, 15) is 4.79 Å². The number of H-pyrrole nitrogens is 1. The van der Waals surface area contributed by atoms with E-state index < -0.39 is 0 Å². The zero-order valence-corrected chi connectivity index (χ0v) is 15.7. The second-order valence-corrected chi connectivity index (χ2v) is 4.47. The van der Waals surface area contributed by atoms with E-state index in [1.165, 1.54) is 0 Å². The Hall–Kier alpha value is -2.82. The van der Waals surface area contributed by atoms with E-state index in [0.29, 0.717) is 33.8 Å². The van der Waals surface area contributed by atoms with Crippen molar-refractivity contribution in [1.82, 2.24) is 9.97 Å². The average Bonchev–Trinajstić information content (AvgIpc) is 2.70. The van der Waals surface area contributed by atoms with Crippen molar-refractivity contribution in [3.8, 4) is 22.9 Å². The number of ether oxygens (including phenoxy) is 2. The third kappa shape index (κ3) is 4.38. The number of aromatic amines is 1. The fourth-order valence-corrected chi connectivity index (χ4v) is 2.29. The highest BCUT2D eigenvalue weighted by atomic mass is 16.5. The molecular formula is C20H26N2O3. The average molecular weight is 342 g/mol. The first kappa shape index (κ1) is 20.2. The Bertz CT molecular complexity index is 835. The van der Waals surface area contributed by atoms with Crippen LogP contribution in [0, 0.1) is 0 Å². The van der Waals surface area contributed by atoms with Gasteiger partial charge in [0.25, 0.3) is 5.56 Å². The van der Waals surface area contributed by atoms with Gasteiger partial charge in [-0.05, 0) is 24.3 Å². The second-order valence-electron chi connectivity index (χ2n) is 4.47. The maximum atomic E-state index is 12.2. The van der Waals surface area contributed by atoms with Crippen LogP contribution in [0.4, 0.5) is 0 Å². The van der Waals surface area contributed by atoms with Crippen molar-refractivity contribution in [3.63, 3.8) is 0 Å². The van der Waals surface area contributed by atoms with Gasteiger partial charge in [0.1, 0.15) is 22.9 Å². The lowest BCUT2D eigenvalue weighted by molar-refractivity contribution is 0.397. The molecule has 0 saturated carbocycles. The summed E-state index contributed by atoms with van der Waals surface area (Å²) in [5.74, 6) is 1.61. The molecule has 5 heteroatoms. The standard InChI is InChI=1S/C16H14N2O3.2C2H6/c1-20-12-8-5-9-13(21-2)14(12)15-17-11-7-4-3-6-10(11)16(19)18-15;2*1-2/h3-9H,1-2H3,(H,17,18,19);2*1-2H3. The second kappa shape index (κ2) is 10.1. The first-order valence-corrected chi connectivity index (χ1v) is 8.45. The van der Waals surface area contributed by atoms with Crippen LogP contribution in [0.3, 0.4) is 0 Å². The lowest BCUT2D eigenvalue weighted by atomic mass is 10.1. The van der Waals surface area contributed by atoms with E-state index in [0.717, 1.165) is 0 Å². The monoisotopic (exact) mass is 342 g/mol. The molecule has 0 atom stereocenters. The topological polar surface area (TPSA) is 64.2 Å². The van der Waals surface area contributed by atoms with Gasteiger partial charge in [-0.1, -0.05) is 45.9 Å². The fraction of sp³-hybridized carbons (Fsp3) is 0.300. The van der Waals surface area contributed by atoms with Crippen LogP contribution >= 0.6 is 0 Å². The number of hydrogen-bond donors (Lipinski definition) is 1. The van der Waals surface area contributed by atoms with Crippen LogP contribution in [0.25, 0.3) is 22.3 Å². The highest BCUT2D eigenvalue weighted by molar-refractivity contribution is 5.81. The molecule has 0 amide bonds. The van der Waals surface area contributed by atoms with Crippen LogP contribution in [0.2, 0.25) is 0 Å². The molecule has 0 radical (unpaired) electrons. The number of nitrogens with zero attached hydrogens (tertiary/aromatic N) is 1. The summed E-state index contributed by atoms with van der Waals surface area (Å²) in [6, 6.07) is 12.6. The van der Waals surface area contributed by atoms with E-state index in [1.807, 2.05) is 45.9 Å². The lowest BCUT2D eigenvalue weighted by Crippen LogP contribution is -2.10. The SMILES string of the molecule is CC.CC.COc1cccc(OC)c1-c1nc2ccccc2c(=O)[nH]1. The zero-order chi connectivity index (χ0) is 18.8. The summed E-state index contributed by atoms with van der Waals surface area (Å²) in [5, 5.41) is 0.551. The van der Waals surface area contributed by atoms with Crippen molar-refractivity contribution >= 4 is 10.9 Å². The Kier molecular flexibility index (Phi) is 8.19. The predicted octanol–water partition coefficient (Wildman–Crippen LogP) is 4.66. The van der Waals surface area contributed by atoms with Crippen molar-refractivity contribution in [1.29, 1.82) is 0 Å². The Morgan fingerprint density at radius 2 is 1.40 bits per heavy atom. The molecule has 0 aliphatic rings. The van der Waals surface area contributed by atoms with Crippen LogP contribution in [0.1, 0.15) is 27.7 Å². The van der Waals surface area contributed by atoms with Crippen molar-refractivity contribution in [2.45, 2.75) is 27.7 Å². The van der Waals surface area contributed by atoms with Crippen molar-refractivity contribution in [2.24, 2.45) is 0 Å². The largest absolute Gasteiger partial charge is 0.496 e. The summed E-state index contributed by atoms with van der Waals surface area (Å²) in [7, 11) is 3.13. The molecule has 3 rings (SSSR count). The fourth-order valence-electron chi connectivity index (χ4n) is 2.29. The van der Waals surface area contributed by atoms with Gasteiger partial charge < -0.3 is 14.5 Å². The molecule has 134 valence electrons. The Morgan fingerprint density at radius 1 is 0.840 bits per heavy atom. The smallest absolute Gasteiger partial charge is 0.259 e. The van der Waals surface area contributed by atoms with Crippen LogP contribution in [-0.4, -0.2) is 24.2 Å². The number of nitrogens with one attached hydrogen (secondary N) is 1. The first-order chi connectivity index (χ1) is 12.2. The molecular weight excluding hydrogens is 316 g/mol. The van der Waals surface area contributed by atoms with Gasteiger partial charge in [0.15, 0.2) is 0 Å². The molecule has 25 heavy (non-hydrogen) atoms. The van der Waals surface area contributed by atoms with E-state index in [-0.39, 0.29) is 5.56 Å². The number of benzene rings is 2. The van der Waals surface area contributed by atoms with E-state index in [4.69, 9.17) is 9.47 Å². The number of fused-ring (bicyclic) bond motifs is 1. The number of hydrogen-bond acceptors (Lipinski definition) is 4. The molecule has 0 saturated heterocycles. The molecule has 0 unspecified atom stereocenters. The summed E-state index contributed by atoms with van der Waals surface area (Å²) in [5.41, 5.74) is 1.07. The zero-order valence-electron chi connectivity index (χ0n) is 15.7. The molecule has 0 bridgehead atoms. The van der Waals surface area contributed by atoms with Crippen molar-refractivity contribution in [2.75, 3.05) is 14.2 Å². The molecule has 3 aromatic rings. The van der Waals surface area contributed by atoms with Crippen LogP contribution in [0.15, 0.2) is 47.3 Å². The van der Waals surface area contributed by atoms with Crippen molar-refractivity contribution < 1.29 is 9.47 Å². The maximum absolute atomic E-state index is 12.2. The number of aromatic nitrogens is 2. The van der Waals surface area contributed by atoms with Crippen LogP contribution < -0.4 is 15.0 Å². The molecule has 1 heterocycles. The third-order valence-corrected chi connectivity index (χ3v) is 3.28. The highest BCUT2D eigenvalue weighted by Crippen LogP contribution is 2.36. The first-order valence-electron chi connectivity index (χ1n) is 8.45. The van der Waals surface area contributed by atoms with Gasteiger partial charge in [-0.25, -0.2) is 4.98 Å². The molecule has 2 aromatic carbocycles. The highest BCUT2D eigenvalue weighted by Gasteiger charge is 2.15. The maximum Gasteiger partial charge on any atom is 0.259 e. The van der Waals surface area contributed by atoms with Crippen LogP contribution in [-0.2, 0) is 0 Å². The minimum atomic E-state index is -0.191. The Labute approximate surface area is 148 Å². The van der Waals surface area contributed by atoms with Gasteiger partial charge >= 0.3 is 0 Å². The molecule has 0 spiro atoms. The molecule has 1 aromatic heterocycles. The van der Waals surface area contributed by atoms with Gasteiger partial charge in [0, 0.05) is 0 Å². The van der Waals surface area contributed by atoms with Gasteiger partial charge in [-0.15, -0.1) is 0 Å². The van der Waals surface area contributed by atoms with Crippen LogP contribution in [0.5, 0.6) is 11.5 Å². The quantitative estimate of drug-likeness (QED) is 0.752. The normalized spacial score (nSPS) is 9.36.